The summed E-state index contributed by atoms with van der Waals surface area (Å²) in [5.41, 5.74) is 0.413. The average Bonchev–Trinajstić information content (AvgIpc) is 2.53. The molecule has 0 radical (unpaired) electrons. The molecule has 7 heteroatoms. The summed E-state index contributed by atoms with van der Waals surface area (Å²) in [6, 6.07) is 4.03. The van der Waals surface area contributed by atoms with Gasteiger partial charge in [0, 0.05) is 6.07 Å². The molecule has 0 saturated carbocycles. The lowest BCUT2D eigenvalue weighted by Crippen LogP contribution is -2.31. The summed E-state index contributed by atoms with van der Waals surface area (Å²) in [5.74, 6) is -1.05. The first kappa shape index (κ1) is 19.5. The maximum absolute atomic E-state index is 14.0. The molecule has 0 aromatic heterocycles. The van der Waals surface area contributed by atoms with Crippen LogP contribution in [0.25, 0.3) is 0 Å². The summed E-state index contributed by atoms with van der Waals surface area (Å²) < 4.78 is 29.0. The van der Waals surface area contributed by atoms with Gasteiger partial charge < -0.3 is 14.2 Å². The van der Waals surface area contributed by atoms with E-state index >= 15 is 0 Å². The van der Waals surface area contributed by atoms with Crippen molar-refractivity contribution in [2.75, 3.05) is 12.4 Å². The summed E-state index contributed by atoms with van der Waals surface area (Å²) in [4.78, 5) is 23.6. The van der Waals surface area contributed by atoms with Gasteiger partial charge in [-0.1, -0.05) is 6.08 Å². The van der Waals surface area contributed by atoms with Gasteiger partial charge in [-0.25, -0.2) is 14.0 Å². The Balaban J connectivity index is 2.81. The van der Waals surface area contributed by atoms with Crippen molar-refractivity contribution in [2.45, 2.75) is 39.9 Å². The van der Waals surface area contributed by atoms with Crippen LogP contribution in [0, 0.1) is 5.82 Å². The molecular weight excluding hydrogens is 317 g/mol. The lowest BCUT2D eigenvalue weighted by Gasteiger charge is -2.17. The fourth-order valence-corrected chi connectivity index (χ4v) is 1.77. The monoisotopic (exact) mass is 339 g/mol. The quantitative estimate of drug-likeness (QED) is 0.632. The van der Waals surface area contributed by atoms with Crippen LogP contribution in [0.15, 0.2) is 29.8 Å². The maximum atomic E-state index is 14.0. The van der Waals surface area contributed by atoms with Gasteiger partial charge in [-0.15, -0.1) is 0 Å². The summed E-state index contributed by atoms with van der Waals surface area (Å²) in [6.45, 7) is 6.95. The Morgan fingerprint density at radius 3 is 2.46 bits per heavy atom. The summed E-state index contributed by atoms with van der Waals surface area (Å²) in [7, 11) is 1.19. The van der Waals surface area contributed by atoms with Crippen LogP contribution in [0.1, 0.15) is 27.7 Å². The summed E-state index contributed by atoms with van der Waals surface area (Å²) in [6.07, 6.45) is -0.638. The second-order valence-electron chi connectivity index (χ2n) is 5.27. The van der Waals surface area contributed by atoms with E-state index in [1.165, 1.54) is 19.2 Å². The SMILES string of the molecule is C/C=C(\C)C(OC(=O)Nc1ccc(OC(C)C)cc1F)C(=O)OC. The Bertz CT molecular complexity index is 627. The number of ether oxygens (including phenoxy) is 3. The van der Waals surface area contributed by atoms with Crippen molar-refractivity contribution < 1.29 is 28.2 Å². The fraction of sp³-hybridized carbons (Fsp3) is 0.412. The molecule has 24 heavy (non-hydrogen) atoms. The predicted octanol–water partition coefficient (Wildman–Crippen LogP) is 3.67. The number of carbonyl (C=O) groups is 2. The topological polar surface area (TPSA) is 73.9 Å². The smallest absolute Gasteiger partial charge is 0.412 e. The van der Waals surface area contributed by atoms with Gasteiger partial charge in [0.1, 0.15) is 5.75 Å². The highest BCUT2D eigenvalue weighted by atomic mass is 19.1. The van der Waals surface area contributed by atoms with Gasteiger partial charge in [0.2, 0.25) is 6.10 Å². The van der Waals surface area contributed by atoms with E-state index < -0.39 is 24.0 Å². The maximum Gasteiger partial charge on any atom is 0.412 e. The molecule has 1 amide bonds. The van der Waals surface area contributed by atoms with Gasteiger partial charge in [-0.05, 0) is 45.4 Å². The zero-order valence-electron chi connectivity index (χ0n) is 14.4. The summed E-state index contributed by atoms with van der Waals surface area (Å²) >= 11 is 0. The molecule has 1 aromatic carbocycles. The van der Waals surface area contributed by atoms with E-state index in [9.17, 15) is 14.0 Å². The third-order valence-corrected chi connectivity index (χ3v) is 3.06. The molecule has 1 aromatic rings. The van der Waals surface area contributed by atoms with E-state index in [1.807, 2.05) is 13.8 Å². The van der Waals surface area contributed by atoms with Crippen LogP contribution in [-0.4, -0.2) is 31.4 Å². The molecule has 1 unspecified atom stereocenters. The van der Waals surface area contributed by atoms with Crippen LogP contribution in [-0.2, 0) is 14.3 Å². The first-order chi connectivity index (χ1) is 11.3. The van der Waals surface area contributed by atoms with Crippen LogP contribution in [0.4, 0.5) is 14.9 Å². The average molecular weight is 339 g/mol. The van der Waals surface area contributed by atoms with Gasteiger partial charge >= 0.3 is 12.1 Å². The molecule has 0 saturated heterocycles. The minimum Gasteiger partial charge on any atom is -0.491 e. The van der Waals surface area contributed by atoms with E-state index in [-0.39, 0.29) is 11.8 Å². The molecule has 0 aliphatic rings. The molecule has 1 rings (SSSR count). The van der Waals surface area contributed by atoms with Gasteiger partial charge in [0.15, 0.2) is 5.82 Å². The van der Waals surface area contributed by atoms with Crippen molar-refractivity contribution >= 4 is 17.7 Å². The number of rotatable bonds is 6. The van der Waals surface area contributed by atoms with Crippen LogP contribution in [0.2, 0.25) is 0 Å². The lowest BCUT2D eigenvalue weighted by molar-refractivity contribution is -0.148. The number of nitrogens with one attached hydrogen (secondary N) is 1. The number of allylic oxidation sites excluding steroid dienone is 1. The third-order valence-electron chi connectivity index (χ3n) is 3.06. The van der Waals surface area contributed by atoms with E-state index in [4.69, 9.17) is 9.47 Å². The molecule has 0 bridgehead atoms. The lowest BCUT2D eigenvalue weighted by atomic mass is 10.1. The van der Waals surface area contributed by atoms with Gasteiger partial charge in [-0.2, -0.15) is 0 Å². The normalized spacial score (nSPS) is 12.5. The number of hydrogen-bond acceptors (Lipinski definition) is 5. The van der Waals surface area contributed by atoms with Crippen LogP contribution in [0.3, 0.4) is 0 Å². The molecule has 0 aliphatic carbocycles. The van der Waals surface area contributed by atoms with Crippen molar-refractivity contribution in [1.29, 1.82) is 0 Å². The number of anilines is 1. The van der Waals surface area contributed by atoms with Gasteiger partial charge in [-0.3, -0.25) is 5.32 Å². The van der Waals surface area contributed by atoms with E-state index in [2.05, 4.69) is 10.1 Å². The molecule has 6 nitrogen and oxygen atoms in total. The summed E-state index contributed by atoms with van der Waals surface area (Å²) in [5, 5.41) is 2.25. The van der Waals surface area contributed by atoms with E-state index in [0.717, 1.165) is 6.07 Å². The van der Waals surface area contributed by atoms with E-state index in [1.54, 1.807) is 19.9 Å². The second kappa shape index (κ2) is 8.90. The molecule has 0 heterocycles. The molecule has 0 fully saturated rings. The number of benzene rings is 1. The first-order valence-electron chi connectivity index (χ1n) is 7.43. The largest absolute Gasteiger partial charge is 0.491 e. The number of methoxy groups -OCH3 is 1. The number of carbonyl (C=O) groups excluding carboxylic acids is 2. The molecular formula is C17H22FNO5. The van der Waals surface area contributed by atoms with Gasteiger partial charge in [0.25, 0.3) is 0 Å². The number of amides is 1. The number of halogens is 1. The van der Waals surface area contributed by atoms with Crippen LogP contribution in [0.5, 0.6) is 5.75 Å². The van der Waals surface area contributed by atoms with Gasteiger partial charge in [0.05, 0.1) is 18.9 Å². The highest BCUT2D eigenvalue weighted by molar-refractivity contribution is 5.88. The van der Waals surface area contributed by atoms with Crippen molar-refractivity contribution in [1.82, 2.24) is 0 Å². The highest BCUT2D eigenvalue weighted by Gasteiger charge is 2.25. The van der Waals surface area contributed by atoms with Crippen molar-refractivity contribution in [3.63, 3.8) is 0 Å². The number of esters is 1. The molecule has 132 valence electrons. The van der Waals surface area contributed by atoms with E-state index in [0.29, 0.717) is 11.3 Å². The molecule has 0 aliphatic heterocycles. The zero-order chi connectivity index (χ0) is 18.3. The Hall–Kier alpha value is -2.57. The van der Waals surface area contributed by atoms with Crippen LogP contribution >= 0.6 is 0 Å². The second-order valence-corrected chi connectivity index (χ2v) is 5.27. The zero-order valence-corrected chi connectivity index (χ0v) is 14.4. The van der Waals surface area contributed by atoms with Crippen LogP contribution < -0.4 is 10.1 Å². The van der Waals surface area contributed by atoms with Crippen molar-refractivity contribution in [3.05, 3.63) is 35.7 Å². The molecule has 1 N–H and O–H groups in total. The fourth-order valence-electron chi connectivity index (χ4n) is 1.77. The minimum atomic E-state index is -1.19. The Morgan fingerprint density at radius 1 is 1.29 bits per heavy atom. The molecule has 0 spiro atoms. The highest BCUT2D eigenvalue weighted by Crippen LogP contribution is 2.22. The predicted molar refractivity (Wildman–Crippen MR) is 87.5 cm³/mol. The molecule has 1 atom stereocenters. The Morgan fingerprint density at radius 2 is 1.96 bits per heavy atom. The Kier molecular flexibility index (Phi) is 7.23. The van der Waals surface area contributed by atoms with Crippen molar-refractivity contribution in [2.24, 2.45) is 0 Å². The Labute approximate surface area is 140 Å². The standard InChI is InChI=1S/C17H22FNO5/c1-6-11(4)15(16(20)22-5)24-17(21)19-14-8-7-12(9-13(14)18)23-10(2)3/h6-10,15H,1-5H3,(H,19,21)/b11-6+. The number of hydrogen-bond donors (Lipinski definition) is 1. The minimum absolute atomic E-state index is 0.0853. The first-order valence-corrected chi connectivity index (χ1v) is 7.43. The third kappa shape index (κ3) is 5.57. The van der Waals surface area contributed by atoms with Crippen molar-refractivity contribution in [3.8, 4) is 5.75 Å².